The summed E-state index contributed by atoms with van der Waals surface area (Å²) in [5, 5.41) is 3.18. The average Bonchev–Trinajstić information content (AvgIpc) is 2.79. The van der Waals surface area contributed by atoms with E-state index in [0.717, 1.165) is 6.42 Å². The maximum Gasteiger partial charge on any atom is 0.237 e. The fourth-order valence-electron chi connectivity index (χ4n) is 2.79. The molecule has 1 fully saturated rings. The monoisotopic (exact) mass is 280 g/mol. The van der Waals surface area contributed by atoms with Crippen molar-refractivity contribution in [1.82, 2.24) is 5.32 Å². The molecule has 0 aromatic heterocycles. The van der Waals surface area contributed by atoms with Crippen LogP contribution in [-0.2, 0) is 4.79 Å². The lowest BCUT2D eigenvalue weighted by atomic mass is 9.96. The number of likely N-dealkylation sites (N-methyl/N-ethyl adjacent to an activating group) is 1. The zero-order valence-corrected chi connectivity index (χ0v) is 11.9. The third-order valence-corrected chi connectivity index (χ3v) is 3.89. The second-order valence-electron chi connectivity index (χ2n) is 5.37. The first-order valence-electron chi connectivity index (χ1n) is 6.94. The molecule has 1 aliphatic carbocycles. The van der Waals surface area contributed by atoms with E-state index in [-0.39, 0.29) is 17.8 Å². The number of rotatable bonds is 5. The van der Waals surface area contributed by atoms with Crippen LogP contribution in [0.1, 0.15) is 31.7 Å². The maximum atomic E-state index is 13.2. The summed E-state index contributed by atoms with van der Waals surface area (Å²) in [4.78, 5) is 11.7. The SMILES string of the molecule is CCNC1(C(N)=O)CCC(Oc2ccc(F)c(C)c2)C1. The highest BCUT2D eigenvalue weighted by Crippen LogP contribution is 2.33. The van der Waals surface area contributed by atoms with Crippen LogP contribution in [0.5, 0.6) is 5.75 Å². The number of benzene rings is 1. The molecule has 0 bridgehead atoms. The van der Waals surface area contributed by atoms with Gasteiger partial charge in [-0.15, -0.1) is 0 Å². The zero-order valence-electron chi connectivity index (χ0n) is 11.9. The molecule has 1 saturated carbocycles. The van der Waals surface area contributed by atoms with Crippen molar-refractivity contribution in [3.05, 3.63) is 29.6 Å². The largest absolute Gasteiger partial charge is 0.490 e. The predicted octanol–water partition coefficient (Wildman–Crippen LogP) is 1.90. The van der Waals surface area contributed by atoms with Gasteiger partial charge in [0, 0.05) is 6.42 Å². The highest BCUT2D eigenvalue weighted by molar-refractivity contribution is 5.85. The summed E-state index contributed by atoms with van der Waals surface area (Å²) in [5.74, 6) is 0.0503. The Hall–Kier alpha value is -1.62. The summed E-state index contributed by atoms with van der Waals surface area (Å²) in [6.45, 7) is 4.33. The van der Waals surface area contributed by atoms with Gasteiger partial charge < -0.3 is 15.8 Å². The van der Waals surface area contributed by atoms with E-state index >= 15 is 0 Å². The van der Waals surface area contributed by atoms with Crippen LogP contribution in [0, 0.1) is 12.7 Å². The second-order valence-corrected chi connectivity index (χ2v) is 5.37. The lowest BCUT2D eigenvalue weighted by molar-refractivity contribution is -0.124. The predicted molar refractivity (Wildman–Crippen MR) is 75.0 cm³/mol. The Balaban J connectivity index is 2.05. The van der Waals surface area contributed by atoms with Crippen LogP contribution in [0.15, 0.2) is 18.2 Å². The summed E-state index contributed by atoms with van der Waals surface area (Å²) >= 11 is 0. The van der Waals surface area contributed by atoms with E-state index in [0.29, 0.717) is 30.7 Å². The Morgan fingerprint density at radius 2 is 2.35 bits per heavy atom. The van der Waals surface area contributed by atoms with Gasteiger partial charge in [0.15, 0.2) is 0 Å². The normalized spacial score (nSPS) is 25.6. The maximum absolute atomic E-state index is 13.2. The number of hydrogen-bond acceptors (Lipinski definition) is 3. The third-order valence-electron chi connectivity index (χ3n) is 3.89. The molecule has 0 aliphatic heterocycles. The number of hydrogen-bond donors (Lipinski definition) is 2. The van der Waals surface area contributed by atoms with Crippen LogP contribution >= 0.6 is 0 Å². The fraction of sp³-hybridized carbons (Fsp3) is 0.533. The van der Waals surface area contributed by atoms with Crippen LogP contribution in [0.4, 0.5) is 4.39 Å². The number of ether oxygens (including phenoxy) is 1. The molecule has 5 heteroatoms. The molecule has 20 heavy (non-hydrogen) atoms. The molecular formula is C15H21FN2O2. The van der Waals surface area contributed by atoms with Crippen molar-refractivity contribution in [2.75, 3.05) is 6.54 Å². The summed E-state index contributed by atoms with van der Waals surface area (Å²) < 4.78 is 19.1. The van der Waals surface area contributed by atoms with E-state index in [2.05, 4.69) is 5.32 Å². The Labute approximate surface area is 118 Å². The van der Waals surface area contributed by atoms with Crippen molar-refractivity contribution >= 4 is 5.91 Å². The molecule has 3 N–H and O–H groups in total. The Morgan fingerprint density at radius 1 is 1.60 bits per heavy atom. The lowest BCUT2D eigenvalue weighted by Gasteiger charge is -2.26. The summed E-state index contributed by atoms with van der Waals surface area (Å²) in [6.07, 6.45) is 1.89. The van der Waals surface area contributed by atoms with Crippen molar-refractivity contribution in [3.63, 3.8) is 0 Å². The molecule has 1 amide bonds. The van der Waals surface area contributed by atoms with Crippen LogP contribution in [-0.4, -0.2) is 24.1 Å². The fourth-order valence-corrected chi connectivity index (χ4v) is 2.79. The molecule has 0 spiro atoms. The molecule has 2 unspecified atom stereocenters. The van der Waals surface area contributed by atoms with E-state index < -0.39 is 5.54 Å². The number of aryl methyl sites for hydroxylation is 1. The van der Waals surface area contributed by atoms with Gasteiger partial charge in [-0.25, -0.2) is 4.39 Å². The molecular weight excluding hydrogens is 259 g/mol. The van der Waals surface area contributed by atoms with Gasteiger partial charge >= 0.3 is 0 Å². The Bertz CT molecular complexity index is 507. The van der Waals surface area contributed by atoms with Gasteiger partial charge in [-0.1, -0.05) is 6.92 Å². The van der Waals surface area contributed by atoms with E-state index in [4.69, 9.17) is 10.5 Å². The minimum Gasteiger partial charge on any atom is -0.490 e. The van der Waals surface area contributed by atoms with Crippen LogP contribution in [0.3, 0.4) is 0 Å². The van der Waals surface area contributed by atoms with E-state index in [1.54, 1.807) is 19.1 Å². The van der Waals surface area contributed by atoms with Crippen LogP contribution in [0.2, 0.25) is 0 Å². The number of carbonyl (C=O) groups excluding carboxylic acids is 1. The first kappa shape index (κ1) is 14.8. The van der Waals surface area contributed by atoms with Gasteiger partial charge in [-0.2, -0.15) is 0 Å². The van der Waals surface area contributed by atoms with Gasteiger partial charge in [0.2, 0.25) is 5.91 Å². The van der Waals surface area contributed by atoms with Crippen molar-refractivity contribution in [2.24, 2.45) is 5.73 Å². The smallest absolute Gasteiger partial charge is 0.237 e. The number of nitrogens with two attached hydrogens (primary N) is 1. The van der Waals surface area contributed by atoms with Gasteiger partial charge in [0.05, 0.1) is 0 Å². The molecule has 1 aromatic rings. The third kappa shape index (κ3) is 2.93. The van der Waals surface area contributed by atoms with Crippen molar-refractivity contribution in [3.8, 4) is 5.75 Å². The van der Waals surface area contributed by atoms with Crippen molar-refractivity contribution in [2.45, 2.75) is 44.8 Å². The Morgan fingerprint density at radius 3 is 2.95 bits per heavy atom. The number of halogens is 1. The minimum absolute atomic E-state index is 0.0774. The number of amides is 1. The van der Waals surface area contributed by atoms with Gasteiger partial charge in [-0.05, 0) is 50.1 Å². The summed E-state index contributed by atoms with van der Waals surface area (Å²) in [5.41, 5.74) is 5.39. The molecule has 110 valence electrons. The first-order chi connectivity index (χ1) is 9.47. The number of primary amides is 1. The molecule has 4 nitrogen and oxygen atoms in total. The highest BCUT2D eigenvalue weighted by Gasteiger charge is 2.44. The standard InChI is InChI=1S/C15H21FN2O2/c1-3-18-15(14(17)19)7-6-12(9-15)20-11-4-5-13(16)10(2)8-11/h4-5,8,12,18H,3,6-7,9H2,1-2H3,(H2,17,19). The quantitative estimate of drug-likeness (QED) is 0.866. The van der Waals surface area contributed by atoms with Gasteiger partial charge in [0.1, 0.15) is 23.2 Å². The Kier molecular flexibility index (Phi) is 4.28. The zero-order chi connectivity index (χ0) is 14.8. The molecule has 1 aliphatic rings. The topological polar surface area (TPSA) is 64.3 Å². The van der Waals surface area contributed by atoms with E-state index in [9.17, 15) is 9.18 Å². The van der Waals surface area contributed by atoms with Crippen molar-refractivity contribution in [1.29, 1.82) is 0 Å². The molecule has 0 heterocycles. The second kappa shape index (κ2) is 5.79. The summed E-state index contributed by atoms with van der Waals surface area (Å²) in [6, 6.07) is 4.68. The van der Waals surface area contributed by atoms with Crippen molar-refractivity contribution < 1.29 is 13.9 Å². The molecule has 2 rings (SSSR count). The summed E-state index contributed by atoms with van der Waals surface area (Å²) in [7, 11) is 0. The minimum atomic E-state index is -0.672. The lowest BCUT2D eigenvalue weighted by Crippen LogP contribution is -2.54. The molecule has 1 aromatic carbocycles. The van der Waals surface area contributed by atoms with E-state index in [1.165, 1.54) is 6.07 Å². The molecule has 0 saturated heterocycles. The van der Waals surface area contributed by atoms with Gasteiger partial charge in [0.25, 0.3) is 0 Å². The molecule has 2 atom stereocenters. The van der Waals surface area contributed by atoms with E-state index in [1.807, 2.05) is 6.92 Å². The van der Waals surface area contributed by atoms with Crippen LogP contribution < -0.4 is 15.8 Å². The highest BCUT2D eigenvalue weighted by atomic mass is 19.1. The van der Waals surface area contributed by atoms with Crippen LogP contribution in [0.25, 0.3) is 0 Å². The average molecular weight is 280 g/mol. The number of carbonyl (C=O) groups is 1. The first-order valence-corrected chi connectivity index (χ1v) is 6.94. The number of nitrogens with one attached hydrogen (secondary N) is 1. The van der Waals surface area contributed by atoms with Gasteiger partial charge in [-0.3, -0.25) is 4.79 Å². The molecule has 0 radical (unpaired) electrons.